The molecule has 0 saturated heterocycles. The molecular formula is C142H91N7. The molecule has 6 aromatic heterocycles. The maximum atomic E-state index is 9.54. The number of benzene rings is 25. The third-order valence-corrected chi connectivity index (χ3v) is 32.1. The quantitative estimate of drug-likeness (QED) is 0.133. The van der Waals surface area contributed by atoms with Gasteiger partial charge in [0.25, 0.3) is 0 Å². The fourth-order valence-electron chi connectivity index (χ4n) is 25.1. The number of rotatable bonds is 9. The molecule has 0 bridgehead atoms. The van der Waals surface area contributed by atoms with Crippen LogP contribution in [0, 0.1) is 11.3 Å². The molecule has 0 atom stereocenters. The van der Waals surface area contributed by atoms with Crippen LogP contribution in [0.3, 0.4) is 0 Å². The van der Waals surface area contributed by atoms with Gasteiger partial charge >= 0.3 is 0 Å². The van der Waals surface area contributed by atoms with Crippen LogP contribution in [-0.2, 0) is 5.41 Å². The largest absolute Gasteiger partial charge is 0.309 e. The summed E-state index contributed by atoms with van der Waals surface area (Å²) < 4.78 is 14.4. The van der Waals surface area contributed by atoms with Gasteiger partial charge in [0.15, 0.2) is 0 Å². The first-order valence-electron chi connectivity index (χ1n) is 51.4. The molecule has 0 spiro atoms. The second-order valence-corrected chi connectivity index (χ2v) is 40.5. The van der Waals surface area contributed by atoms with E-state index in [2.05, 4.69) is 545 Å². The fraction of sp³-hybridized carbons (Fsp3) is 0.0211. The van der Waals surface area contributed by atoms with Crippen LogP contribution in [0.25, 0.3) is 274 Å². The van der Waals surface area contributed by atoms with Crippen molar-refractivity contribution in [3.63, 3.8) is 0 Å². The molecule has 0 amide bonds. The number of hydrogen-bond acceptors (Lipinski definition) is 1. The highest BCUT2D eigenvalue weighted by molar-refractivity contribution is 6.26. The molecule has 7 nitrogen and oxygen atoms in total. The van der Waals surface area contributed by atoms with Crippen molar-refractivity contribution in [2.45, 2.75) is 19.3 Å². The van der Waals surface area contributed by atoms with Gasteiger partial charge in [0.2, 0.25) is 0 Å². The third-order valence-electron chi connectivity index (χ3n) is 32.1. The highest BCUT2D eigenvalue weighted by Crippen LogP contribution is 2.52. The average molecular weight is 1900 g/mol. The molecule has 31 aromatic rings. The summed E-state index contributed by atoms with van der Waals surface area (Å²) in [6, 6.07) is 191. The highest BCUT2D eigenvalue weighted by atomic mass is 15.0. The Morgan fingerprint density at radius 3 is 0.732 bits per heavy atom. The van der Waals surface area contributed by atoms with Crippen LogP contribution >= 0.6 is 0 Å². The molecular weight excluding hydrogens is 1800 g/mol. The minimum absolute atomic E-state index is 0.0517. The summed E-state index contributed by atoms with van der Waals surface area (Å²) in [4.78, 5) is 0. The first-order valence-corrected chi connectivity index (χ1v) is 51.4. The van der Waals surface area contributed by atoms with Crippen LogP contribution in [0.2, 0.25) is 0 Å². The Morgan fingerprint density at radius 2 is 0.396 bits per heavy atom. The van der Waals surface area contributed by atoms with Gasteiger partial charge in [-0.15, -0.1) is 0 Å². The number of fused-ring (bicyclic) bond motifs is 30. The van der Waals surface area contributed by atoms with E-state index in [0.29, 0.717) is 5.56 Å². The third kappa shape index (κ3) is 13.4. The van der Waals surface area contributed by atoms with Crippen molar-refractivity contribution in [1.29, 1.82) is 5.26 Å². The van der Waals surface area contributed by atoms with E-state index in [1.807, 2.05) is 18.2 Å². The molecule has 0 fully saturated rings. The summed E-state index contributed by atoms with van der Waals surface area (Å²) in [5, 5.41) is 39.7. The molecule has 694 valence electrons. The highest BCUT2D eigenvalue weighted by Gasteiger charge is 2.36. The summed E-state index contributed by atoms with van der Waals surface area (Å²) in [5.41, 5.74) is 34.6. The van der Waals surface area contributed by atoms with Crippen molar-refractivity contribution in [3.05, 3.63) is 532 Å². The van der Waals surface area contributed by atoms with Gasteiger partial charge in [-0.25, -0.2) is 0 Å². The minimum atomic E-state index is -0.0517. The predicted molar refractivity (Wildman–Crippen MR) is 629 cm³/mol. The minimum Gasteiger partial charge on any atom is -0.309 e. The van der Waals surface area contributed by atoms with E-state index in [0.717, 1.165) is 22.4 Å². The molecule has 0 aliphatic heterocycles. The summed E-state index contributed by atoms with van der Waals surface area (Å²) in [6.07, 6.45) is 0. The van der Waals surface area contributed by atoms with Crippen LogP contribution < -0.4 is 0 Å². The molecule has 0 radical (unpaired) electrons. The van der Waals surface area contributed by atoms with E-state index < -0.39 is 0 Å². The molecule has 6 heterocycles. The lowest BCUT2D eigenvalue weighted by Gasteiger charge is -2.22. The Morgan fingerprint density at radius 1 is 0.154 bits per heavy atom. The summed E-state index contributed by atoms with van der Waals surface area (Å²) >= 11 is 0. The van der Waals surface area contributed by atoms with Crippen molar-refractivity contribution in [2.24, 2.45) is 0 Å². The molecule has 32 rings (SSSR count). The zero-order valence-corrected chi connectivity index (χ0v) is 81.7. The molecule has 0 unspecified atom stereocenters. The van der Waals surface area contributed by atoms with E-state index >= 15 is 0 Å². The van der Waals surface area contributed by atoms with E-state index in [-0.39, 0.29) is 5.41 Å². The fourth-order valence-corrected chi connectivity index (χ4v) is 25.1. The lowest BCUT2D eigenvalue weighted by Crippen LogP contribution is -2.15. The van der Waals surface area contributed by atoms with Crippen molar-refractivity contribution >= 4 is 195 Å². The molecule has 149 heavy (non-hydrogen) atoms. The first-order chi connectivity index (χ1) is 73.6. The van der Waals surface area contributed by atoms with Crippen LogP contribution in [0.4, 0.5) is 0 Å². The van der Waals surface area contributed by atoms with Crippen LogP contribution in [-0.4, -0.2) is 27.4 Å². The standard InChI is InChI=1S/C52H32N2.C49H34N2.C41H25N3/c1-2-12-34-29-37(24-21-33(34)11-1)53-49-19-9-7-17-44(49)47-30-35(22-27-51(47)53)36-23-28-52-48(31-36)45-18-8-10-20-50(45)54(52)38-25-26-43-41-15-4-3-13-39(41)40-14-5-6-16-42(40)46(43)32-38;1-49(2)43-16-8-5-13-37(43)38-24-23-36(30-44(38)49)51-46-18-10-7-15-40(46)42-29-34(21-26-48(42)51)33-20-25-47-41(28-33)39-14-6-9-17-45(39)50(47)35-22-19-31-11-3-4-12-32(31)27-35;42-26-27-8-7-11-32(22-27)43-38-14-5-3-12-34(38)36-24-30(17-20-40(36)43)31-18-21-41-37(25-31)35-13-4-6-15-39(35)44(41)33-19-16-28-9-1-2-10-29(28)23-33/h1-32H;3-30H,1-2H3;1-25H. The topological polar surface area (TPSA) is 53.4 Å². The summed E-state index contributed by atoms with van der Waals surface area (Å²) in [6.45, 7) is 4.71. The Bertz CT molecular complexity index is 11100. The van der Waals surface area contributed by atoms with Gasteiger partial charge in [0.05, 0.1) is 77.8 Å². The average Bonchev–Trinajstić information content (AvgIpc) is 1.56. The van der Waals surface area contributed by atoms with Gasteiger partial charge in [-0.3, -0.25) is 0 Å². The zero-order valence-electron chi connectivity index (χ0n) is 81.7. The summed E-state index contributed by atoms with van der Waals surface area (Å²) in [5.74, 6) is 0. The van der Waals surface area contributed by atoms with E-state index in [4.69, 9.17) is 0 Å². The Labute approximate surface area is 858 Å². The lowest BCUT2D eigenvalue weighted by molar-refractivity contribution is 0.660. The number of hydrogen-bond donors (Lipinski definition) is 0. The second-order valence-electron chi connectivity index (χ2n) is 40.5. The molecule has 1 aliphatic carbocycles. The molecule has 25 aromatic carbocycles. The molecule has 7 heteroatoms. The van der Waals surface area contributed by atoms with Crippen molar-refractivity contribution < 1.29 is 0 Å². The SMILES string of the molecule is CC1(C)c2ccccc2-c2ccc(-n3c4ccccc4c4cc(-c5ccc6c(c5)c5ccccc5n6-c5ccc6ccccc6c5)ccc43)cc21.N#Cc1cccc(-n2c3ccccc3c3cc(-c4ccc5c(c4)c4ccccc4n5-c4ccc5ccccc5c4)ccc32)c1.c1ccc2cc(-n3c4ccccc4c4cc(-c5ccc6c(c5)c5ccccc5n6-c5ccc6c7ccccc7c7ccccc7c6c5)ccc43)ccc2c1. The Kier molecular flexibility index (Phi) is 19.1. The Hall–Kier alpha value is -19.7. The van der Waals surface area contributed by atoms with Gasteiger partial charge in [-0.1, -0.05) is 341 Å². The predicted octanol–water partition coefficient (Wildman–Crippen LogP) is 37.7. The van der Waals surface area contributed by atoms with Crippen LogP contribution in [0.1, 0.15) is 30.5 Å². The van der Waals surface area contributed by atoms with E-state index in [9.17, 15) is 5.26 Å². The normalized spacial score (nSPS) is 12.4. The van der Waals surface area contributed by atoms with Gasteiger partial charge in [0, 0.05) is 104 Å². The molecule has 0 N–H and O–H groups in total. The van der Waals surface area contributed by atoms with Gasteiger partial charge in [0.1, 0.15) is 0 Å². The van der Waals surface area contributed by atoms with E-state index in [1.54, 1.807) is 0 Å². The number of nitriles is 1. The van der Waals surface area contributed by atoms with Gasteiger partial charge < -0.3 is 27.4 Å². The smallest absolute Gasteiger partial charge is 0.0992 e. The van der Waals surface area contributed by atoms with Crippen LogP contribution in [0.5, 0.6) is 0 Å². The monoisotopic (exact) mass is 1890 g/mol. The van der Waals surface area contributed by atoms with Crippen molar-refractivity contribution in [3.8, 4) is 84.7 Å². The number of nitrogens with zero attached hydrogens (tertiary/aromatic N) is 7. The van der Waals surface area contributed by atoms with Crippen LogP contribution in [0.15, 0.2) is 516 Å². The number of aromatic nitrogens is 6. The zero-order chi connectivity index (χ0) is 98.4. The van der Waals surface area contributed by atoms with Crippen molar-refractivity contribution in [2.75, 3.05) is 0 Å². The summed E-state index contributed by atoms with van der Waals surface area (Å²) in [7, 11) is 0. The Balaban J connectivity index is 0.000000103. The number of para-hydroxylation sites is 6. The molecule has 1 aliphatic rings. The maximum absolute atomic E-state index is 9.54. The molecule has 0 saturated carbocycles. The lowest BCUT2D eigenvalue weighted by atomic mass is 9.82. The van der Waals surface area contributed by atoms with Gasteiger partial charge in [-0.2, -0.15) is 5.26 Å². The van der Waals surface area contributed by atoms with E-state index in [1.165, 1.54) is 263 Å². The maximum Gasteiger partial charge on any atom is 0.0992 e. The van der Waals surface area contributed by atoms with Gasteiger partial charge in [-0.05, 0) is 308 Å². The van der Waals surface area contributed by atoms with Crippen molar-refractivity contribution in [1.82, 2.24) is 27.4 Å². The second kappa shape index (κ2) is 33.5. The first kappa shape index (κ1) is 85.0.